The summed E-state index contributed by atoms with van der Waals surface area (Å²) in [6, 6.07) is 13.2. The van der Waals surface area contributed by atoms with Crippen LogP contribution in [-0.2, 0) is 12.8 Å². The molecule has 1 unspecified atom stereocenters. The minimum Gasteiger partial charge on any atom is -0.393 e. The molecule has 2 heterocycles. The summed E-state index contributed by atoms with van der Waals surface area (Å²) in [5.41, 5.74) is 7.03. The van der Waals surface area contributed by atoms with Gasteiger partial charge in [0.2, 0.25) is 0 Å². The molecular formula is C31H22Cl2F2IN2NaO7. The second-order valence-electron chi connectivity index (χ2n) is 9.70. The molecule has 2 aliphatic rings. The van der Waals surface area contributed by atoms with Crippen molar-refractivity contribution in [3.05, 3.63) is 127 Å². The zero-order valence-corrected chi connectivity index (χ0v) is 29.6. The SMILES string of the molecule is O=Cc1cnc(Cl)cc1C1=Cc2c(F)cccc2C1.OCC(O)c1cnc(Cl)cc1C1=Cc2c(F)cccc2C1.[Na+].[O-][I+3]([O-])([O-])[O-]. The summed E-state index contributed by atoms with van der Waals surface area (Å²) in [6.45, 7) is -0.412. The summed E-state index contributed by atoms with van der Waals surface area (Å²) in [6.07, 6.45) is 7.24. The minimum atomic E-state index is -5.94. The molecule has 234 valence electrons. The van der Waals surface area contributed by atoms with Gasteiger partial charge in [-0.3, -0.25) is 18.5 Å². The molecule has 9 nitrogen and oxygen atoms in total. The van der Waals surface area contributed by atoms with Gasteiger partial charge >= 0.3 is 29.6 Å². The Morgan fingerprint density at radius 1 is 0.848 bits per heavy atom. The van der Waals surface area contributed by atoms with Gasteiger partial charge in [-0.05, 0) is 82.7 Å². The number of nitrogens with zero attached hydrogens (tertiary/aromatic N) is 2. The summed E-state index contributed by atoms with van der Waals surface area (Å²) in [7, 11) is 0. The van der Waals surface area contributed by atoms with Gasteiger partial charge in [0, 0.05) is 34.6 Å². The van der Waals surface area contributed by atoms with Crippen LogP contribution in [0.15, 0.2) is 60.9 Å². The van der Waals surface area contributed by atoms with E-state index in [0.717, 1.165) is 28.6 Å². The number of aliphatic hydroxyl groups is 2. The van der Waals surface area contributed by atoms with Gasteiger partial charge in [0.15, 0.2) is 6.29 Å². The number of hydrogen-bond acceptors (Lipinski definition) is 9. The maximum atomic E-state index is 13.8. The number of pyridine rings is 2. The molecule has 0 aliphatic heterocycles. The number of carbonyl (C=O) groups excluding carboxylic acids is 1. The van der Waals surface area contributed by atoms with E-state index in [1.807, 2.05) is 12.1 Å². The zero-order chi connectivity index (χ0) is 32.9. The van der Waals surface area contributed by atoms with Crippen LogP contribution < -0.4 is 63.4 Å². The molecule has 0 fully saturated rings. The summed E-state index contributed by atoms with van der Waals surface area (Å²) in [5.74, 6) is -0.521. The van der Waals surface area contributed by atoms with Crippen molar-refractivity contribution in [2.75, 3.05) is 6.61 Å². The predicted octanol–water partition coefficient (Wildman–Crippen LogP) is -3.97. The number of aromatic nitrogens is 2. The number of hydrogen-bond donors (Lipinski definition) is 2. The number of benzene rings is 2. The number of rotatable bonds is 5. The monoisotopic (exact) mass is 792 g/mol. The number of halogens is 5. The van der Waals surface area contributed by atoms with Gasteiger partial charge in [0.1, 0.15) is 48.1 Å². The number of aliphatic hydroxyl groups excluding tert-OH is 2. The van der Waals surface area contributed by atoms with Crippen LogP contribution in [-0.4, -0.2) is 33.1 Å². The number of allylic oxidation sites excluding steroid dienone is 2. The van der Waals surface area contributed by atoms with Crippen molar-refractivity contribution in [2.45, 2.75) is 18.9 Å². The third-order valence-corrected chi connectivity index (χ3v) is 7.25. The molecule has 46 heavy (non-hydrogen) atoms. The Kier molecular flexibility index (Phi) is 14.0. The van der Waals surface area contributed by atoms with Crippen molar-refractivity contribution in [1.82, 2.24) is 9.97 Å². The van der Waals surface area contributed by atoms with Gasteiger partial charge in [0.05, 0.1) is 6.61 Å². The van der Waals surface area contributed by atoms with Crippen LogP contribution in [0.2, 0.25) is 10.3 Å². The topological polar surface area (TPSA) is 176 Å². The molecule has 2 aliphatic carbocycles. The first kappa shape index (κ1) is 38.3. The normalized spacial score (nSPS) is 13.4. The first-order chi connectivity index (χ1) is 21.3. The molecule has 0 amide bonds. The van der Waals surface area contributed by atoms with Crippen LogP contribution in [0, 0.1) is 11.6 Å². The molecule has 0 saturated carbocycles. The number of aldehydes is 1. The van der Waals surface area contributed by atoms with Crippen LogP contribution in [0.3, 0.4) is 0 Å². The van der Waals surface area contributed by atoms with Crippen molar-refractivity contribution in [3.8, 4) is 0 Å². The van der Waals surface area contributed by atoms with Crippen LogP contribution in [0.1, 0.15) is 55.4 Å². The Bertz CT molecular complexity index is 1800. The van der Waals surface area contributed by atoms with Crippen molar-refractivity contribution in [1.29, 1.82) is 0 Å². The van der Waals surface area contributed by atoms with Gasteiger partial charge in [-0.15, -0.1) is 0 Å². The summed E-state index contributed by atoms with van der Waals surface area (Å²) in [5, 5.41) is 19.7. The first-order valence-corrected chi connectivity index (χ1v) is 17.2. The van der Waals surface area contributed by atoms with E-state index in [4.69, 9.17) is 42.1 Å². The van der Waals surface area contributed by atoms with Gasteiger partial charge in [-0.2, -0.15) is 0 Å². The molecule has 6 rings (SSSR count). The standard InChI is InChI=1S/C16H13ClFNO2.C15H9ClFNO.IO4.Na/c17-16-6-11(13(7-19-16)15(21)8-20)10-4-9-2-1-3-14(18)12(9)5-10;16-15-6-12(11(8-19)7-18-15)10-4-9-2-1-3-14(17)13(9)5-10;2-1(3,4)5;/h1-3,5-7,15,20-21H,4,8H2;1-3,5-8H,4H2;;/q;;-1;+1. The zero-order valence-electron chi connectivity index (χ0n) is 23.9. The second kappa shape index (κ2) is 16.8. The summed E-state index contributed by atoms with van der Waals surface area (Å²) in [4.78, 5) is 18.9. The Balaban J connectivity index is 0.000000215. The van der Waals surface area contributed by atoms with E-state index in [-0.39, 0.29) is 46.3 Å². The smallest absolute Gasteiger partial charge is 0.393 e. The van der Waals surface area contributed by atoms with Crippen LogP contribution in [0.4, 0.5) is 8.78 Å². The van der Waals surface area contributed by atoms with Crippen molar-refractivity contribution in [3.63, 3.8) is 0 Å². The second-order valence-corrected chi connectivity index (χ2v) is 12.6. The average Bonchev–Trinajstić information content (AvgIpc) is 3.63. The third-order valence-electron chi connectivity index (χ3n) is 6.84. The van der Waals surface area contributed by atoms with Crippen LogP contribution >= 0.6 is 23.2 Å². The number of carbonyl (C=O) groups is 1. The van der Waals surface area contributed by atoms with E-state index in [2.05, 4.69) is 9.97 Å². The Hall–Kier alpha value is -2.18. The van der Waals surface area contributed by atoms with E-state index in [9.17, 15) is 18.7 Å². The molecule has 15 heteroatoms. The van der Waals surface area contributed by atoms with Gasteiger partial charge in [0.25, 0.3) is 0 Å². The summed E-state index contributed by atoms with van der Waals surface area (Å²) < 4.78 is 62.0. The van der Waals surface area contributed by atoms with Crippen molar-refractivity contribution in [2.24, 2.45) is 0 Å². The summed E-state index contributed by atoms with van der Waals surface area (Å²) >= 11 is 5.86. The molecular weight excluding hydrogens is 771 g/mol. The fourth-order valence-corrected chi connectivity index (χ4v) is 5.21. The fraction of sp³-hybridized carbons (Fsp3) is 0.129. The van der Waals surface area contributed by atoms with Gasteiger partial charge in [-0.25, -0.2) is 18.7 Å². The van der Waals surface area contributed by atoms with E-state index >= 15 is 0 Å². The fourth-order valence-electron chi connectivity index (χ4n) is 4.90. The largest absolute Gasteiger partial charge is 1.00 e. The molecule has 2 aromatic heterocycles. The molecule has 0 bridgehead atoms. The van der Waals surface area contributed by atoms with Crippen LogP contribution in [0.5, 0.6) is 0 Å². The Labute approximate surface area is 300 Å². The molecule has 2 aromatic carbocycles. The maximum Gasteiger partial charge on any atom is 1.00 e. The van der Waals surface area contributed by atoms with E-state index in [1.54, 1.807) is 36.4 Å². The third kappa shape index (κ3) is 9.92. The van der Waals surface area contributed by atoms with Crippen molar-refractivity contribution < 1.29 is 87.2 Å². The molecule has 1 atom stereocenters. The first-order valence-electron chi connectivity index (χ1n) is 12.9. The predicted molar refractivity (Wildman–Crippen MR) is 152 cm³/mol. The average molecular weight is 793 g/mol. The molecule has 4 aromatic rings. The van der Waals surface area contributed by atoms with E-state index in [1.165, 1.54) is 24.5 Å². The Morgan fingerprint density at radius 2 is 1.30 bits per heavy atom. The molecule has 0 spiro atoms. The van der Waals surface area contributed by atoms with Crippen LogP contribution in [0.25, 0.3) is 23.3 Å². The molecule has 2 N–H and O–H groups in total. The van der Waals surface area contributed by atoms with Crippen molar-refractivity contribution >= 4 is 52.8 Å². The van der Waals surface area contributed by atoms with Gasteiger partial charge < -0.3 is 10.2 Å². The minimum absolute atomic E-state index is 0. The number of fused-ring (bicyclic) bond motifs is 2. The molecule has 0 radical (unpaired) electrons. The molecule has 0 saturated heterocycles. The van der Waals surface area contributed by atoms with E-state index in [0.29, 0.717) is 51.4 Å². The van der Waals surface area contributed by atoms with E-state index < -0.39 is 32.8 Å². The van der Waals surface area contributed by atoms with Gasteiger partial charge in [-0.1, -0.05) is 47.5 Å². The quantitative estimate of drug-likeness (QED) is 0.0885. The maximum absolute atomic E-state index is 13.8. The Morgan fingerprint density at radius 3 is 1.76 bits per heavy atom.